The lowest BCUT2D eigenvalue weighted by Crippen LogP contribution is -2.40. The van der Waals surface area contributed by atoms with Gasteiger partial charge in [-0.2, -0.15) is 0 Å². The quantitative estimate of drug-likeness (QED) is 0.846. The van der Waals surface area contributed by atoms with E-state index in [1.807, 2.05) is 24.4 Å². The number of hydrogen-bond donors (Lipinski definition) is 1. The Morgan fingerprint density at radius 1 is 1.29 bits per heavy atom. The molecule has 0 saturated carbocycles. The van der Waals surface area contributed by atoms with Crippen LogP contribution >= 0.6 is 24.8 Å². The summed E-state index contributed by atoms with van der Waals surface area (Å²) in [5.74, 6) is 0.715. The molecule has 1 aromatic rings. The number of nitrogens with zero attached hydrogens (tertiary/aromatic N) is 1. The van der Waals surface area contributed by atoms with Gasteiger partial charge in [0.25, 0.3) is 0 Å². The predicted molar refractivity (Wildman–Crippen MR) is 64.1 cm³/mol. The van der Waals surface area contributed by atoms with Crippen LogP contribution in [-0.2, 0) is 0 Å². The maximum absolute atomic E-state index is 4.20. The molecule has 1 fully saturated rings. The van der Waals surface area contributed by atoms with Crippen LogP contribution in [0.25, 0.3) is 6.08 Å². The Kier molecular flexibility index (Phi) is 6.54. The maximum Gasteiger partial charge on any atom is 0.0626 e. The Hall–Kier alpha value is -0.570. The molecule has 0 aliphatic carbocycles. The molecule has 1 aliphatic rings. The van der Waals surface area contributed by atoms with Gasteiger partial charge in [0.15, 0.2) is 0 Å². The van der Waals surface area contributed by atoms with Gasteiger partial charge in [0, 0.05) is 25.2 Å². The molecule has 1 aliphatic heterocycles. The average Bonchev–Trinajstić information content (AvgIpc) is 2.04. The minimum atomic E-state index is 0. The van der Waals surface area contributed by atoms with Crippen molar-refractivity contribution in [2.75, 3.05) is 13.1 Å². The number of rotatable bonds is 2. The number of pyridine rings is 1. The average molecular weight is 233 g/mol. The van der Waals surface area contributed by atoms with E-state index >= 15 is 0 Å². The Labute approximate surface area is 96.6 Å². The van der Waals surface area contributed by atoms with Crippen LogP contribution < -0.4 is 5.32 Å². The highest BCUT2D eigenvalue weighted by molar-refractivity contribution is 5.85. The third kappa shape index (κ3) is 3.66. The van der Waals surface area contributed by atoms with Crippen molar-refractivity contribution in [2.45, 2.75) is 0 Å². The lowest BCUT2D eigenvalue weighted by Gasteiger charge is -2.23. The van der Waals surface area contributed by atoms with Crippen LogP contribution in [0.5, 0.6) is 0 Å². The first-order valence-corrected chi connectivity index (χ1v) is 4.25. The highest BCUT2D eigenvalue weighted by Crippen LogP contribution is 2.06. The van der Waals surface area contributed by atoms with Gasteiger partial charge in [-0.3, -0.25) is 4.98 Å². The molecule has 2 heterocycles. The standard InChI is InChI=1S/C10H12N2.2ClH/c1-2-6-12-10(3-1)5-4-9-7-11-8-9;;/h1-6,9,11H,7-8H2;2*1H/b5-4+;;. The molecule has 4 heteroatoms. The first kappa shape index (κ1) is 13.4. The molecule has 2 nitrogen and oxygen atoms in total. The molecule has 0 aromatic carbocycles. The smallest absolute Gasteiger partial charge is 0.0626 e. The third-order valence-electron chi connectivity index (χ3n) is 2.04. The third-order valence-corrected chi connectivity index (χ3v) is 2.04. The zero-order chi connectivity index (χ0) is 8.23. The molecule has 1 saturated heterocycles. The van der Waals surface area contributed by atoms with E-state index < -0.39 is 0 Å². The normalized spacial score (nSPS) is 15.4. The number of aromatic nitrogens is 1. The number of hydrogen-bond acceptors (Lipinski definition) is 2. The zero-order valence-electron chi connectivity index (χ0n) is 7.72. The van der Waals surface area contributed by atoms with E-state index in [9.17, 15) is 0 Å². The van der Waals surface area contributed by atoms with Crippen molar-refractivity contribution >= 4 is 30.9 Å². The molecule has 0 unspecified atom stereocenters. The summed E-state index contributed by atoms with van der Waals surface area (Å²) in [5.41, 5.74) is 1.05. The second-order valence-corrected chi connectivity index (χ2v) is 3.03. The summed E-state index contributed by atoms with van der Waals surface area (Å²) in [7, 11) is 0. The number of nitrogens with one attached hydrogen (secondary N) is 1. The SMILES string of the molecule is C(=C\C1CNC1)/c1ccccn1.Cl.Cl. The lowest BCUT2D eigenvalue weighted by atomic mass is 10.0. The summed E-state index contributed by atoms with van der Waals surface area (Å²) < 4.78 is 0. The summed E-state index contributed by atoms with van der Waals surface area (Å²) in [6.45, 7) is 2.23. The Balaban J connectivity index is 0.000000845. The first-order chi connectivity index (χ1) is 5.95. The molecule has 1 N–H and O–H groups in total. The fourth-order valence-corrected chi connectivity index (χ4v) is 1.16. The molecule has 0 amide bonds. The van der Waals surface area contributed by atoms with Crippen molar-refractivity contribution in [1.29, 1.82) is 0 Å². The summed E-state index contributed by atoms with van der Waals surface area (Å²) in [6.07, 6.45) is 6.13. The van der Waals surface area contributed by atoms with Crippen LogP contribution in [0.15, 0.2) is 30.5 Å². The fourth-order valence-electron chi connectivity index (χ4n) is 1.16. The van der Waals surface area contributed by atoms with Gasteiger partial charge in [0.1, 0.15) is 0 Å². The zero-order valence-corrected chi connectivity index (χ0v) is 9.35. The molecule has 1 aromatic heterocycles. The Bertz CT molecular complexity index is 271. The van der Waals surface area contributed by atoms with E-state index in [-0.39, 0.29) is 24.8 Å². The van der Waals surface area contributed by atoms with Gasteiger partial charge in [-0.15, -0.1) is 24.8 Å². The lowest BCUT2D eigenvalue weighted by molar-refractivity contribution is 0.420. The molecule has 78 valence electrons. The van der Waals surface area contributed by atoms with Crippen LogP contribution in [0.3, 0.4) is 0 Å². The van der Waals surface area contributed by atoms with E-state index in [0.29, 0.717) is 5.92 Å². The molecule has 14 heavy (non-hydrogen) atoms. The molecule has 0 bridgehead atoms. The monoisotopic (exact) mass is 232 g/mol. The van der Waals surface area contributed by atoms with Crippen LogP contribution in [0, 0.1) is 5.92 Å². The van der Waals surface area contributed by atoms with Crippen molar-refractivity contribution in [3.05, 3.63) is 36.2 Å². The van der Waals surface area contributed by atoms with Crippen molar-refractivity contribution in [2.24, 2.45) is 5.92 Å². The summed E-state index contributed by atoms with van der Waals surface area (Å²) in [4.78, 5) is 4.20. The maximum atomic E-state index is 4.20. The van der Waals surface area contributed by atoms with Gasteiger partial charge in [-0.1, -0.05) is 12.1 Å². The van der Waals surface area contributed by atoms with Crippen molar-refractivity contribution in [3.8, 4) is 0 Å². The van der Waals surface area contributed by atoms with E-state index in [4.69, 9.17) is 0 Å². The van der Waals surface area contributed by atoms with E-state index in [1.165, 1.54) is 0 Å². The molecule has 0 spiro atoms. The van der Waals surface area contributed by atoms with Crippen molar-refractivity contribution in [1.82, 2.24) is 10.3 Å². The van der Waals surface area contributed by atoms with Gasteiger partial charge in [0.2, 0.25) is 0 Å². The first-order valence-electron chi connectivity index (χ1n) is 4.25. The predicted octanol–water partition coefficient (Wildman–Crippen LogP) is 2.16. The molecular formula is C10H14Cl2N2. The van der Waals surface area contributed by atoms with Gasteiger partial charge in [0.05, 0.1) is 5.69 Å². The van der Waals surface area contributed by atoms with Gasteiger partial charge < -0.3 is 5.32 Å². The van der Waals surface area contributed by atoms with E-state index in [2.05, 4.69) is 22.5 Å². The van der Waals surface area contributed by atoms with Crippen molar-refractivity contribution < 1.29 is 0 Å². The fraction of sp³-hybridized carbons (Fsp3) is 0.300. The summed E-state index contributed by atoms with van der Waals surface area (Å²) in [6, 6.07) is 5.95. The summed E-state index contributed by atoms with van der Waals surface area (Å²) >= 11 is 0. The Morgan fingerprint density at radius 2 is 2.07 bits per heavy atom. The van der Waals surface area contributed by atoms with Crippen LogP contribution in [0.4, 0.5) is 0 Å². The highest BCUT2D eigenvalue weighted by Gasteiger charge is 2.11. The van der Waals surface area contributed by atoms with E-state index in [0.717, 1.165) is 18.8 Å². The molecule has 0 radical (unpaired) electrons. The minimum absolute atomic E-state index is 0. The van der Waals surface area contributed by atoms with Crippen molar-refractivity contribution in [3.63, 3.8) is 0 Å². The largest absolute Gasteiger partial charge is 0.315 e. The van der Waals surface area contributed by atoms with Gasteiger partial charge in [-0.05, 0) is 18.2 Å². The van der Waals surface area contributed by atoms with Gasteiger partial charge >= 0.3 is 0 Å². The highest BCUT2D eigenvalue weighted by atomic mass is 35.5. The second kappa shape index (κ2) is 6.82. The molecular weight excluding hydrogens is 219 g/mol. The topological polar surface area (TPSA) is 24.9 Å². The minimum Gasteiger partial charge on any atom is -0.315 e. The molecule has 0 atom stereocenters. The summed E-state index contributed by atoms with van der Waals surface area (Å²) in [5, 5.41) is 3.23. The Morgan fingerprint density at radius 3 is 2.57 bits per heavy atom. The molecule has 2 rings (SSSR count). The van der Waals surface area contributed by atoms with E-state index in [1.54, 1.807) is 0 Å². The van der Waals surface area contributed by atoms with Crippen LogP contribution in [-0.4, -0.2) is 18.1 Å². The van der Waals surface area contributed by atoms with Crippen LogP contribution in [0.1, 0.15) is 5.69 Å². The van der Waals surface area contributed by atoms with Gasteiger partial charge in [-0.25, -0.2) is 0 Å². The number of halogens is 2. The second-order valence-electron chi connectivity index (χ2n) is 3.03. The van der Waals surface area contributed by atoms with Crippen LogP contribution in [0.2, 0.25) is 0 Å².